The molecule has 0 fully saturated rings. The minimum Gasteiger partial charge on any atom is -0.365 e. The fourth-order valence-electron chi connectivity index (χ4n) is 2.49. The number of aryl methyl sites for hydroxylation is 2. The lowest BCUT2D eigenvalue weighted by Gasteiger charge is -2.08. The second-order valence-electron chi connectivity index (χ2n) is 5.71. The summed E-state index contributed by atoms with van der Waals surface area (Å²) in [4.78, 5) is 28.3. The van der Waals surface area contributed by atoms with E-state index in [0.717, 1.165) is 16.7 Å². The first-order valence-electron chi connectivity index (χ1n) is 7.67. The Morgan fingerprint density at radius 1 is 1.16 bits per heavy atom. The van der Waals surface area contributed by atoms with E-state index in [4.69, 9.17) is 5.73 Å². The molecule has 6 heteroatoms. The molecule has 0 saturated carbocycles. The van der Waals surface area contributed by atoms with E-state index in [1.807, 2.05) is 37.4 Å². The van der Waals surface area contributed by atoms with Gasteiger partial charge < -0.3 is 11.1 Å². The lowest BCUT2D eigenvalue weighted by molar-refractivity contribution is 0.100. The topological polar surface area (TPSA) is 85.1 Å². The molecule has 3 N–H and O–H groups in total. The van der Waals surface area contributed by atoms with Crippen LogP contribution in [0.2, 0.25) is 0 Å². The number of nitrogens with zero attached hydrogens (tertiary/aromatic N) is 1. The highest BCUT2D eigenvalue weighted by molar-refractivity contribution is 7.15. The van der Waals surface area contributed by atoms with E-state index < -0.39 is 5.91 Å². The molecular formula is C19H17N3O2S. The van der Waals surface area contributed by atoms with Crippen LogP contribution >= 0.6 is 11.3 Å². The van der Waals surface area contributed by atoms with Crippen LogP contribution in [0.25, 0.3) is 11.1 Å². The molecule has 3 rings (SSSR count). The number of benzene rings is 1. The number of hydrogen-bond donors (Lipinski definition) is 2. The molecule has 0 bridgehead atoms. The van der Waals surface area contributed by atoms with Crippen LogP contribution in [0.3, 0.4) is 0 Å². The number of rotatable bonds is 4. The molecule has 0 unspecified atom stereocenters. The van der Waals surface area contributed by atoms with E-state index in [9.17, 15) is 9.59 Å². The highest BCUT2D eigenvalue weighted by atomic mass is 32.1. The normalized spacial score (nSPS) is 10.5. The molecule has 126 valence electrons. The monoisotopic (exact) mass is 351 g/mol. The molecule has 0 aliphatic carbocycles. The summed E-state index contributed by atoms with van der Waals surface area (Å²) in [7, 11) is 0. The van der Waals surface area contributed by atoms with Crippen LogP contribution in [-0.4, -0.2) is 16.8 Å². The molecular weight excluding hydrogens is 334 g/mol. The third kappa shape index (κ3) is 3.44. The molecule has 25 heavy (non-hydrogen) atoms. The Kier molecular flexibility index (Phi) is 4.63. The SMILES string of the molecule is Cc1ccc(-c2csc(NC(=O)c3cccnc3)c2C(N)=O)cc1C. The number of aromatic nitrogens is 1. The maximum absolute atomic E-state index is 12.3. The van der Waals surface area contributed by atoms with Gasteiger partial charge in [-0.2, -0.15) is 0 Å². The Morgan fingerprint density at radius 2 is 1.96 bits per heavy atom. The second kappa shape index (κ2) is 6.86. The largest absolute Gasteiger partial charge is 0.365 e. The van der Waals surface area contributed by atoms with E-state index in [-0.39, 0.29) is 5.91 Å². The summed E-state index contributed by atoms with van der Waals surface area (Å²) in [5, 5.41) is 5.04. The van der Waals surface area contributed by atoms with Crippen LogP contribution in [0.4, 0.5) is 5.00 Å². The average Bonchev–Trinajstić information content (AvgIpc) is 3.02. The smallest absolute Gasteiger partial charge is 0.257 e. The van der Waals surface area contributed by atoms with Crippen molar-refractivity contribution in [3.63, 3.8) is 0 Å². The molecule has 3 aromatic rings. The third-order valence-electron chi connectivity index (χ3n) is 4.01. The fraction of sp³-hybridized carbons (Fsp3) is 0.105. The number of amides is 2. The van der Waals surface area contributed by atoms with Crippen molar-refractivity contribution in [1.82, 2.24) is 4.98 Å². The maximum Gasteiger partial charge on any atom is 0.257 e. The number of primary amides is 1. The quantitative estimate of drug-likeness (QED) is 0.750. The summed E-state index contributed by atoms with van der Waals surface area (Å²) in [6.45, 7) is 4.04. The number of nitrogens with one attached hydrogen (secondary N) is 1. The average molecular weight is 351 g/mol. The van der Waals surface area contributed by atoms with Crippen LogP contribution in [0.1, 0.15) is 31.8 Å². The van der Waals surface area contributed by atoms with E-state index >= 15 is 0 Å². The molecule has 5 nitrogen and oxygen atoms in total. The molecule has 0 saturated heterocycles. The van der Waals surface area contributed by atoms with Crippen molar-refractivity contribution >= 4 is 28.2 Å². The van der Waals surface area contributed by atoms with E-state index in [1.54, 1.807) is 18.3 Å². The minimum absolute atomic E-state index is 0.325. The zero-order valence-electron chi connectivity index (χ0n) is 13.9. The molecule has 0 radical (unpaired) electrons. The third-order valence-corrected chi connectivity index (χ3v) is 4.90. The highest BCUT2D eigenvalue weighted by Gasteiger charge is 2.20. The van der Waals surface area contributed by atoms with E-state index in [1.165, 1.54) is 23.1 Å². The van der Waals surface area contributed by atoms with Gasteiger partial charge in [0.15, 0.2) is 0 Å². The Bertz CT molecular complexity index is 949. The summed E-state index contributed by atoms with van der Waals surface area (Å²) >= 11 is 1.28. The predicted octanol–water partition coefficient (Wildman–Crippen LogP) is 3.78. The second-order valence-corrected chi connectivity index (χ2v) is 6.59. The Labute approximate surface area is 149 Å². The van der Waals surface area contributed by atoms with Gasteiger partial charge in [-0.1, -0.05) is 18.2 Å². The van der Waals surface area contributed by atoms with Crippen molar-refractivity contribution in [1.29, 1.82) is 0 Å². The lowest BCUT2D eigenvalue weighted by atomic mass is 9.99. The summed E-state index contributed by atoms with van der Waals surface area (Å²) in [5.41, 5.74) is 10.2. The predicted molar refractivity (Wildman–Crippen MR) is 99.9 cm³/mol. The first kappa shape index (κ1) is 16.9. The molecule has 2 amide bonds. The zero-order valence-corrected chi connectivity index (χ0v) is 14.7. The lowest BCUT2D eigenvalue weighted by Crippen LogP contribution is -2.17. The van der Waals surface area contributed by atoms with Gasteiger partial charge in [-0.05, 0) is 42.7 Å². The van der Waals surface area contributed by atoms with Crippen molar-refractivity contribution in [2.45, 2.75) is 13.8 Å². The summed E-state index contributed by atoms with van der Waals surface area (Å²) in [6.07, 6.45) is 3.06. The molecule has 0 aliphatic heterocycles. The standard InChI is InChI=1S/C19H17N3O2S/c1-11-5-6-13(8-12(11)2)15-10-25-19(16(15)17(20)23)22-18(24)14-4-3-7-21-9-14/h3-10H,1-2H3,(H2,20,23)(H,22,24). The van der Waals surface area contributed by atoms with Gasteiger partial charge in [0.2, 0.25) is 0 Å². The van der Waals surface area contributed by atoms with Crippen molar-refractivity contribution in [3.8, 4) is 11.1 Å². The maximum atomic E-state index is 12.3. The number of carbonyl (C=O) groups excluding carboxylic acids is 2. The summed E-state index contributed by atoms with van der Waals surface area (Å²) < 4.78 is 0. The molecule has 1 aromatic carbocycles. The van der Waals surface area contributed by atoms with Gasteiger partial charge in [0.05, 0.1) is 11.1 Å². The zero-order chi connectivity index (χ0) is 18.0. The van der Waals surface area contributed by atoms with E-state index in [0.29, 0.717) is 16.1 Å². The van der Waals surface area contributed by atoms with Crippen LogP contribution < -0.4 is 11.1 Å². The number of nitrogens with two attached hydrogens (primary N) is 1. The number of hydrogen-bond acceptors (Lipinski definition) is 4. The van der Waals surface area contributed by atoms with Gasteiger partial charge in [-0.25, -0.2) is 0 Å². The van der Waals surface area contributed by atoms with Crippen LogP contribution in [0.15, 0.2) is 48.1 Å². The molecule has 0 atom stereocenters. The number of anilines is 1. The first-order chi connectivity index (χ1) is 12.0. The number of pyridine rings is 1. The van der Waals surface area contributed by atoms with Crippen LogP contribution in [0, 0.1) is 13.8 Å². The number of carbonyl (C=O) groups is 2. The summed E-state index contributed by atoms with van der Waals surface area (Å²) in [6, 6.07) is 9.30. The summed E-state index contributed by atoms with van der Waals surface area (Å²) in [5.74, 6) is -0.903. The highest BCUT2D eigenvalue weighted by Crippen LogP contribution is 2.36. The molecule has 0 spiro atoms. The van der Waals surface area contributed by atoms with Crippen LogP contribution in [0.5, 0.6) is 0 Å². The van der Waals surface area contributed by atoms with Gasteiger partial charge >= 0.3 is 0 Å². The molecule has 2 heterocycles. The minimum atomic E-state index is -0.573. The Balaban J connectivity index is 1.99. The van der Waals surface area contributed by atoms with Crippen molar-refractivity contribution in [2.24, 2.45) is 5.73 Å². The van der Waals surface area contributed by atoms with Crippen molar-refractivity contribution in [2.75, 3.05) is 5.32 Å². The Hall–Kier alpha value is -2.99. The van der Waals surface area contributed by atoms with Gasteiger partial charge in [-0.3, -0.25) is 14.6 Å². The van der Waals surface area contributed by atoms with Crippen molar-refractivity contribution in [3.05, 3.63) is 70.4 Å². The van der Waals surface area contributed by atoms with Gasteiger partial charge in [0, 0.05) is 23.3 Å². The molecule has 2 aromatic heterocycles. The molecule has 0 aliphatic rings. The van der Waals surface area contributed by atoms with E-state index in [2.05, 4.69) is 10.3 Å². The van der Waals surface area contributed by atoms with Gasteiger partial charge in [-0.15, -0.1) is 11.3 Å². The van der Waals surface area contributed by atoms with Crippen LogP contribution in [-0.2, 0) is 0 Å². The van der Waals surface area contributed by atoms with Gasteiger partial charge in [0.1, 0.15) is 5.00 Å². The van der Waals surface area contributed by atoms with Gasteiger partial charge in [0.25, 0.3) is 11.8 Å². The fourth-order valence-corrected chi connectivity index (χ4v) is 3.46. The Morgan fingerprint density at radius 3 is 2.60 bits per heavy atom. The van der Waals surface area contributed by atoms with Crippen molar-refractivity contribution < 1.29 is 9.59 Å². The number of thiophene rings is 1. The first-order valence-corrected chi connectivity index (χ1v) is 8.55.